The fraction of sp³-hybridized carbons (Fsp3) is 0.167. The molecule has 0 saturated heterocycles. The number of hydrogen-bond donors (Lipinski definition) is 2. The van der Waals surface area contributed by atoms with Crippen molar-refractivity contribution >= 4 is 27.3 Å². The molecular formula is C24H17F4N3O5S. The normalized spacial score (nSPS) is 15.4. The number of sulfonamides is 1. The fourth-order valence-corrected chi connectivity index (χ4v) is 5.30. The van der Waals surface area contributed by atoms with Gasteiger partial charge in [0.2, 0.25) is 0 Å². The third kappa shape index (κ3) is 5.07. The number of carbonyl (C=O) groups excluding carboxylic acids is 1. The van der Waals surface area contributed by atoms with Gasteiger partial charge in [-0.3, -0.25) is 9.10 Å². The zero-order valence-electron chi connectivity index (χ0n) is 18.7. The highest BCUT2D eigenvalue weighted by Crippen LogP contribution is 2.39. The van der Waals surface area contributed by atoms with Crippen molar-refractivity contribution < 1.29 is 40.6 Å². The van der Waals surface area contributed by atoms with Gasteiger partial charge in [0, 0.05) is 5.69 Å². The molecule has 1 atom stereocenters. The standard InChI is InChI=1S/C24H17F4N3O5S/c25-19-6-2-5-18(24(26,27)28)22(19)23(33)30-15-7-8-21-20(10-15)31(12-16(13-32)36-21)37(34,35)17-4-1-3-14(9-17)11-29/h1-10,16,32H,12-13H2,(H,30,33)/t16-/m0/s1. The minimum absolute atomic E-state index is 0.00480. The Bertz CT molecular complexity index is 1520. The van der Waals surface area contributed by atoms with Crippen molar-refractivity contribution in [1.29, 1.82) is 5.26 Å². The predicted octanol–water partition coefficient (Wildman–Crippen LogP) is 3.92. The van der Waals surface area contributed by atoms with E-state index in [0.29, 0.717) is 12.1 Å². The highest BCUT2D eigenvalue weighted by Gasteiger charge is 2.38. The number of halogens is 4. The first-order chi connectivity index (χ1) is 17.5. The molecule has 0 bridgehead atoms. The summed E-state index contributed by atoms with van der Waals surface area (Å²) >= 11 is 0. The van der Waals surface area contributed by atoms with Crippen molar-refractivity contribution in [1.82, 2.24) is 0 Å². The smallest absolute Gasteiger partial charge is 0.417 e. The number of benzene rings is 3. The molecule has 8 nitrogen and oxygen atoms in total. The number of aliphatic hydroxyl groups is 1. The second-order valence-electron chi connectivity index (χ2n) is 7.89. The Hall–Kier alpha value is -4.15. The number of nitrogens with one attached hydrogen (secondary N) is 1. The summed E-state index contributed by atoms with van der Waals surface area (Å²) in [7, 11) is -4.31. The van der Waals surface area contributed by atoms with E-state index >= 15 is 0 Å². The lowest BCUT2D eigenvalue weighted by atomic mass is 10.1. The number of nitriles is 1. The topological polar surface area (TPSA) is 120 Å². The third-order valence-corrected chi connectivity index (χ3v) is 7.23. The first-order valence-electron chi connectivity index (χ1n) is 10.6. The molecular weight excluding hydrogens is 518 g/mol. The number of nitrogens with zero attached hydrogens (tertiary/aromatic N) is 2. The van der Waals surface area contributed by atoms with Crippen LogP contribution < -0.4 is 14.4 Å². The largest absolute Gasteiger partial charge is 0.484 e. The van der Waals surface area contributed by atoms with Gasteiger partial charge in [-0.2, -0.15) is 18.4 Å². The first-order valence-corrected chi connectivity index (χ1v) is 12.0. The van der Waals surface area contributed by atoms with Gasteiger partial charge in [0.15, 0.2) is 0 Å². The van der Waals surface area contributed by atoms with E-state index in [1.54, 1.807) is 0 Å². The molecule has 192 valence electrons. The van der Waals surface area contributed by atoms with Gasteiger partial charge >= 0.3 is 6.18 Å². The van der Waals surface area contributed by atoms with Crippen molar-refractivity contribution in [3.05, 3.63) is 83.2 Å². The fourth-order valence-electron chi connectivity index (χ4n) is 3.75. The summed E-state index contributed by atoms with van der Waals surface area (Å²) in [6, 6.07) is 12.8. The summed E-state index contributed by atoms with van der Waals surface area (Å²) in [5.41, 5.74) is -2.84. The van der Waals surface area contributed by atoms with Gasteiger partial charge in [0.1, 0.15) is 17.7 Å². The molecule has 3 aromatic rings. The molecule has 0 unspecified atom stereocenters. The van der Waals surface area contributed by atoms with Crippen LogP contribution in [-0.4, -0.2) is 38.7 Å². The number of carbonyl (C=O) groups is 1. The van der Waals surface area contributed by atoms with E-state index in [1.165, 1.54) is 30.3 Å². The molecule has 1 heterocycles. The highest BCUT2D eigenvalue weighted by molar-refractivity contribution is 7.92. The van der Waals surface area contributed by atoms with Crippen LogP contribution in [0.3, 0.4) is 0 Å². The molecule has 37 heavy (non-hydrogen) atoms. The monoisotopic (exact) mass is 535 g/mol. The van der Waals surface area contributed by atoms with Crippen molar-refractivity contribution in [2.45, 2.75) is 17.2 Å². The summed E-state index contributed by atoms with van der Waals surface area (Å²) in [6.07, 6.45) is -5.95. The number of alkyl halides is 3. The minimum Gasteiger partial charge on any atom is -0.484 e. The molecule has 1 aliphatic rings. The predicted molar refractivity (Wildman–Crippen MR) is 123 cm³/mol. The van der Waals surface area contributed by atoms with Gasteiger partial charge in [0.25, 0.3) is 15.9 Å². The highest BCUT2D eigenvalue weighted by atomic mass is 32.2. The van der Waals surface area contributed by atoms with E-state index in [-0.39, 0.29) is 34.1 Å². The number of rotatable bonds is 5. The summed E-state index contributed by atoms with van der Waals surface area (Å²) in [5.74, 6) is -2.78. The Kier molecular flexibility index (Phi) is 6.81. The molecule has 0 aliphatic carbocycles. The molecule has 1 amide bonds. The van der Waals surface area contributed by atoms with Gasteiger partial charge in [-0.15, -0.1) is 0 Å². The maximum atomic E-state index is 14.2. The number of ether oxygens (including phenoxy) is 1. The van der Waals surface area contributed by atoms with Crippen molar-refractivity contribution in [2.24, 2.45) is 0 Å². The van der Waals surface area contributed by atoms with Crippen LogP contribution >= 0.6 is 0 Å². The average Bonchev–Trinajstić information content (AvgIpc) is 2.87. The van der Waals surface area contributed by atoms with Crippen LogP contribution in [0.2, 0.25) is 0 Å². The Morgan fingerprint density at radius 1 is 1.16 bits per heavy atom. The van der Waals surface area contributed by atoms with E-state index in [0.717, 1.165) is 22.5 Å². The Morgan fingerprint density at radius 2 is 1.89 bits per heavy atom. The van der Waals surface area contributed by atoms with E-state index in [9.17, 15) is 35.9 Å². The molecule has 0 saturated carbocycles. The molecule has 13 heteroatoms. The number of amides is 1. The molecule has 0 aromatic heterocycles. The van der Waals surface area contributed by atoms with Gasteiger partial charge in [-0.05, 0) is 48.5 Å². The van der Waals surface area contributed by atoms with Crippen LogP contribution in [0.4, 0.5) is 28.9 Å². The van der Waals surface area contributed by atoms with Gasteiger partial charge in [-0.1, -0.05) is 12.1 Å². The van der Waals surface area contributed by atoms with Crippen molar-refractivity contribution in [2.75, 3.05) is 22.8 Å². The summed E-state index contributed by atoms with van der Waals surface area (Å²) in [6.45, 7) is -0.874. The molecule has 2 N–H and O–H groups in total. The summed E-state index contributed by atoms with van der Waals surface area (Å²) in [4.78, 5) is 12.4. The minimum atomic E-state index is -5.00. The number of hydrogen-bond acceptors (Lipinski definition) is 6. The summed E-state index contributed by atoms with van der Waals surface area (Å²) < 4.78 is 87.7. The van der Waals surface area contributed by atoms with Gasteiger partial charge in [-0.25, -0.2) is 12.8 Å². The Morgan fingerprint density at radius 3 is 2.57 bits per heavy atom. The molecule has 1 aliphatic heterocycles. The number of fused-ring (bicyclic) bond motifs is 1. The summed E-state index contributed by atoms with van der Waals surface area (Å²) in [5, 5.41) is 20.9. The van der Waals surface area contributed by atoms with E-state index in [1.807, 2.05) is 6.07 Å². The SMILES string of the molecule is N#Cc1cccc(S(=O)(=O)N2C[C@@H](CO)Oc3ccc(NC(=O)c4c(F)cccc4C(F)(F)F)cc32)c1. The zero-order chi connectivity index (χ0) is 27.0. The van der Waals surface area contributed by atoms with Gasteiger partial charge < -0.3 is 15.2 Å². The van der Waals surface area contributed by atoms with E-state index in [2.05, 4.69) is 5.32 Å². The van der Waals surface area contributed by atoms with Crippen LogP contribution in [0.1, 0.15) is 21.5 Å². The Balaban J connectivity index is 1.75. The van der Waals surface area contributed by atoms with Gasteiger partial charge in [0.05, 0.1) is 46.5 Å². The maximum absolute atomic E-state index is 14.2. The van der Waals surface area contributed by atoms with Crippen LogP contribution in [0.5, 0.6) is 5.75 Å². The second kappa shape index (κ2) is 9.72. The lowest BCUT2D eigenvalue weighted by Crippen LogP contribution is -2.45. The third-order valence-electron chi connectivity index (χ3n) is 5.45. The quantitative estimate of drug-likeness (QED) is 0.478. The van der Waals surface area contributed by atoms with E-state index < -0.39 is 51.8 Å². The van der Waals surface area contributed by atoms with Crippen LogP contribution in [0, 0.1) is 17.1 Å². The number of aliphatic hydroxyl groups excluding tert-OH is 1. The average molecular weight is 535 g/mol. The molecule has 0 radical (unpaired) electrons. The van der Waals surface area contributed by atoms with E-state index in [4.69, 9.17) is 10.00 Å². The van der Waals surface area contributed by atoms with Crippen LogP contribution in [0.15, 0.2) is 65.6 Å². The first kappa shape index (κ1) is 25.9. The zero-order valence-corrected chi connectivity index (χ0v) is 19.5. The lowest BCUT2D eigenvalue weighted by Gasteiger charge is -2.35. The number of anilines is 2. The lowest BCUT2D eigenvalue weighted by molar-refractivity contribution is -0.138. The maximum Gasteiger partial charge on any atom is 0.417 e. The second-order valence-corrected chi connectivity index (χ2v) is 9.76. The van der Waals surface area contributed by atoms with Crippen molar-refractivity contribution in [3.8, 4) is 11.8 Å². The molecule has 0 spiro atoms. The van der Waals surface area contributed by atoms with Crippen LogP contribution in [0.25, 0.3) is 0 Å². The molecule has 0 fully saturated rings. The van der Waals surface area contributed by atoms with Crippen molar-refractivity contribution in [3.63, 3.8) is 0 Å². The Labute approximate surface area is 208 Å². The molecule has 4 rings (SSSR count). The van der Waals surface area contributed by atoms with Crippen LogP contribution in [-0.2, 0) is 16.2 Å². The molecule has 3 aromatic carbocycles.